The summed E-state index contributed by atoms with van der Waals surface area (Å²) in [6.07, 6.45) is -1.08. The standard InChI is InChI=1S/C15H12ClF3N2/c16-14-20-12(8-13(21-14)15(17,18)19)11-6-2-5-10(7-11)9-3-1-4-9/h2,5-9H,1,3-4H2. The largest absolute Gasteiger partial charge is 0.433 e. The minimum atomic E-state index is -4.53. The van der Waals surface area contributed by atoms with Crippen molar-refractivity contribution < 1.29 is 13.2 Å². The average Bonchev–Trinajstić information content (AvgIpc) is 2.35. The summed E-state index contributed by atoms with van der Waals surface area (Å²) in [5, 5.41) is -0.395. The number of hydrogen-bond donors (Lipinski definition) is 0. The van der Waals surface area contributed by atoms with Crippen molar-refractivity contribution in [3.63, 3.8) is 0 Å². The van der Waals surface area contributed by atoms with E-state index < -0.39 is 17.2 Å². The Morgan fingerprint density at radius 1 is 1.10 bits per heavy atom. The molecule has 1 heterocycles. The van der Waals surface area contributed by atoms with Crippen LogP contribution in [0.25, 0.3) is 11.3 Å². The number of nitrogens with zero attached hydrogens (tertiary/aromatic N) is 2. The van der Waals surface area contributed by atoms with Crippen LogP contribution in [0.15, 0.2) is 30.3 Å². The van der Waals surface area contributed by atoms with Gasteiger partial charge in [0, 0.05) is 5.56 Å². The van der Waals surface area contributed by atoms with Crippen molar-refractivity contribution in [3.8, 4) is 11.3 Å². The molecule has 1 aromatic heterocycles. The molecule has 2 nitrogen and oxygen atoms in total. The lowest BCUT2D eigenvalue weighted by molar-refractivity contribution is -0.141. The third-order valence-electron chi connectivity index (χ3n) is 3.75. The normalized spacial score (nSPS) is 15.8. The molecule has 0 aliphatic heterocycles. The first-order valence-electron chi connectivity index (χ1n) is 6.65. The lowest BCUT2D eigenvalue weighted by Gasteiger charge is -2.26. The Labute approximate surface area is 125 Å². The van der Waals surface area contributed by atoms with Crippen LogP contribution < -0.4 is 0 Å². The van der Waals surface area contributed by atoms with Crippen LogP contribution in [-0.4, -0.2) is 9.97 Å². The van der Waals surface area contributed by atoms with Crippen LogP contribution in [-0.2, 0) is 6.18 Å². The maximum absolute atomic E-state index is 12.8. The fourth-order valence-electron chi connectivity index (χ4n) is 2.40. The van der Waals surface area contributed by atoms with Gasteiger partial charge in [0.1, 0.15) is 5.69 Å². The van der Waals surface area contributed by atoms with Crippen molar-refractivity contribution in [2.75, 3.05) is 0 Å². The first kappa shape index (κ1) is 14.3. The Kier molecular flexibility index (Phi) is 3.61. The van der Waals surface area contributed by atoms with E-state index in [1.807, 2.05) is 18.2 Å². The zero-order chi connectivity index (χ0) is 15.0. The third-order valence-corrected chi connectivity index (χ3v) is 3.92. The van der Waals surface area contributed by atoms with Crippen molar-refractivity contribution in [2.24, 2.45) is 0 Å². The molecule has 0 N–H and O–H groups in total. The predicted octanol–water partition coefficient (Wildman–Crippen LogP) is 5.08. The molecule has 0 bridgehead atoms. The lowest BCUT2D eigenvalue weighted by atomic mass is 9.79. The topological polar surface area (TPSA) is 25.8 Å². The van der Waals surface area contributed by atoms with Crippen LogP contribution >= 0.6 is 11.6 Å². The van der Waals surface area contributed by atoms with Crippen molar-refractivity contribution in [1.29, 1.82) is 0 Å². The van der Waals surface area contributed by atoms with E-state index in [1.54, 1.807) is 6.07 Å². The van der Waals surface area contributed by atoms with Gasteiger partial charge in [-0.1, -0.05) is 24.6 Å². The van der Waals surface area contributed by atoms with E-state index in [0.29, 0.717) is 11.5 Å². The molecule has 3 rings (SSSR count). The van der Waals surface area contributed by atoms with E-state index >= 15 is 0 Å². The summed E-state index contributed by atoms with van der Waals surface area (Å²) >= 11 is 5.62. The molecule has 0 atom stereocenters. The highest BCUT2D eigenvalue weighted by molar-refractivity contribution is 6.28. The molecule has 110 valence electrons. The van der Waals surface area contributed by atoms with Gasteiger partial charge in [0.25, 0.3) is 0 Å². The summed E-state index contributed by atoms with van der Waals surface area (Å²) in [6.45, 7) is 0. The number of alkyl halides is 3. The molecule has 1 saturated carbocycles. The summed E-state index contributed by atoms with van der Waals surface area (Å²) in [7, 11) is 0. The second-order valence-corrected chi connectivity index (χ2v) is 5.50. The van der Waals surface area contributed by atoms with Gasteiger partial charge in [0.05, 0.1) is 5.69 Å². The van der Waals surface area contributed by atoms with Crippen LogP contribution in [0.1, 0.15) is 36.4 Å². The Balaban J connectivity index is 2.01. The molecule has 6 heteroatoms. The number of halogens is 4. The smallest absolute Gasteiger partial charge is 0.218 e. The van der Waals surface area contributed by atoms with Gasteiger partial charge < -0.3 is 0 Å². The van der Waals surface area contributed by atoms with Gasteiger partial charge >= 0.3 is 6.18 Å². The van der Waals surface area contributed by atoms with Gasteiger partial charge in [0.2, 0.25) is 5.28 Å². The van der Waals surface area contributed by atoms with Crippen LogP contribution in [0, 0.1) is 0 Å². The molecule has 0 amide bonds. The van der Waals surface area contributed by atoms with E-state index in [0.717, 1.165) is 24.5 Å². The first-order valence-corrected chi connectivity index (χ1v) is 7.03. The van der Waals surface area contributed by atoms with E-state index in [1.165, 1.54) is 6.42 Å². The second-order valence-electron chi connectivity index (χ2n) is 5.16. The first-order chi connectivity index (χ1) is 9.93. The fourth-order valence-corrected chi connectivity index (χ4v) is 2.59. The highest BCUT2D eigenvalue weighted by atomic mass is 35.5. The maximum atomic E-state index is 12.8. The van der Waals surface area contributed by atoms with Crippen LogP contribution in [0.4, 0.5) is 13.2 Å². The maximum Gasteiger partial charge on any atom is 0.433 e. The lowest BCUT2D eigenvalue weighted by Crippen LogP contribution is -2.10. The van der Waals surface area contributed by atoms with Crippen LogP contribution in [0.3, 0.4) is 0 Å². The molecule has 0 unspecified atom stereocenters. The number of benzene rings is 1. The minimum absolute atomic E-state index is 0.198. The second kappa shape index (κ2) is 5.30. The van der Waals surface area contributed by atoms with Gasteiger partial charge in [-0.25, -0.2) is 9.97 Å². The molecule has 21 heavy (non-hydrogen) atoms. The van der Waals surface area contributed by atoms with Crippen molar-refractivity contribution >= 4 is 11.6 Å². The summed E-state index contributed by atoms with van der Waals surface area (Å²) < 4.78 is 38.4. The Hall–Kier alpha value is -1.62. The van der Waals surface area contributed by atoms with Crippen molar-refractivity contribution in [3.05, 3.63) is 46.9 Å². The van der Waals surface area contributed by atoms with Crippen LogP contribution in [0.5, 0.6) is 0 Å². The Bertz CT molecular complexity index is 666. The zero-order valence-corrected chi connectivity index (χ0v) is 11.7. The molecule has 2 aromatic rings. The van der Waals surface area contributed by atoms with Gasteiger partial charge in [-0.3, -0.25) is 0 Å². The number of rotatable bonds is 2. The monoisotopic (exact) mass is 312 g/mol. The highest BCUT2D eigenvalue weighted by Crippen LogP contribution is 2.38. The Morgan fingerprint density at radius 3 is 2.48 bits per heavy atom. The molecular formula is C15H12ClF3N2. The molecule has 1 aliphatic carbocycles. The molecule has 0 saturated heterocycles. The summed E-state index contributed by atoms with van der Waals surface area (Å²) in [6, 6.07) is 8.41. The highest BCUT2D eigenvalue weighted by Gasteiger charge is 2.33. The number of hydrogen-bond acceptors (Lipinski definition) is 2. The summed E-state index contributed by atoms with van der Waals surface area (Å²) in [4.78, 5) is 7.16. The minimum Gasteiger partial charge on any atom is -0.218 e. The van der Waals surface area contributed by atoms with Gasteiger partial charge in [-0.05, 0) is 48.1 Å². The molecule has 0 radical (unpaired) electrons. The fraction of sp³-hybridized carbons (Fsp3) is 0.333. The Morgan fingerprint density at radius 2 is 1.86 bits per heavy atom. The third kappa shape index (κ3) is 3.02. The quantitative estimate of drug-likeness (QED) is 0.722. The average molecular weight is 313 g/mol. The van der Waals surface area contributed by atoms with Crippen molar-refractivity contribution in [2.45, 2.75) is 31.4 Å². The van der Waals surface area contributed by atoms with E-state index in [-0.39, 0.29) is 5.69 Å². The van der Waals surface area contributed by atoms with Gasteiger partial charge in [-0.15, -0.1) is 0 Å². The predicted molar refractivity (Wildman–Crippen MR) is 74.1 cm³/mol. The van der Waals surface area contributed by atoms with E-state index in [2.05, 4.69) is 9.97 Å². The molecule has 1 fully saturated rings. The van der Waals surface area contributed by atoms with Gasteiger partial charge in [-0.2, -0.15) is 13.2 Å². The molecule has 1 aliphatic rings. The van der Waals surface area contributed by atoms with Crippen molar-refractivity contribution in [1.82, 2.24) is 9.97 Å². The SMILES string of the molecule is FC(F)(F)c1cc(-c2cccc(C3CCC3)c2)nc(Cl)n1. The van der Waals surface area contributed by atoms with E-state index in [9.17, 15) is 13.2 Å². The summed E-state index contributed by atoms with van der Waals surface area (Å²) in [5.74, 6) is 0.504. The zero-order valence-electron chi connectivity index (χ0n) is 11.0. The van der Waals surface area contributed by atoms with E-state index in [4.69, 9.17) is 11.6 Å². The van der Waals surface area contributed by atoms with Gasteiger partial charge in [0.15, 0.2) is 0 Å². The number of aromatic nitrogens is 2. The molecular weight excluding hydrogens is 301 g/mol. The molecule has 1 aromatic carbocycles. The molecule has 0 spiro atoms. The van der Waals surface area contributed by atoms with Crippen LogP contribution in [0.2, 0.25) is 5.28 Å². The summed E-state index contributed by atoms with van der Waals surface area (Å²) in [5.41, 5.74) is 0.950.